The van der Waals surface area contributed by atoms with E-state index < -0.39 is 0 Å². The largest absolute Gasteiger partial charge is 0.424 e. The Kier molecular flexibility index (Phi) is 5.95. The molecule has 0 aliphatic carbocycles. The van der Waals surface area contributed by atoms with Gasteiger partial charge in [0.25, 0.3) is 6.01 Å². The summed E-state index contributed by atoms with van der Waals surface area (Å²) in [6, 6.07) is 6.15. The first kappa shape index (κ1) is 17.1. The lowest BCUT2D eigenvalue weighted by molar-refractivity contribution is -0.109. The number of carbonyl (C=O) groups excluding carboxylic acids is 1. The van der Waals surface area contributed by atoms with E-state index in [2.05, 4.69) is 19.9 Å². The van der Waals surface area contributed by atoms with Gasteiger partial charge >= 0.3 is 0 Å². The van der Waals surface area contributed by atoms with Gasteiger partial charge in [-0.2, -0.15) is 4.98 Å². The summed E-state index contributed by atoms with van der Waals surface area (Å²) >= 11 is 1.72. The van der Waals surface area contributed by atoms with Crippen LogP contribution < -0.4 is 16.4 Å². The third-order valence-electron chi connectivity index (χ3n) is 4.05. The number of oxazole rings is 1. The molecule has 8 heteroatoms. The van der Waals surface area contributed by atoms with Crippen LogP contribution >= 0.6 is 11.9 Å². The lowest BCUT2D eigenvalue weighted by Gasteiger charge is -2.24. The Hall–Kier alpha value is -1.77. The number of hydrogen-bond acceptors (Lipinski definition) is 7. The summed E-state index contributed by atoms with van der Waals surface area (Å²) < 4.78 is 7.78. The smallest absolute Gasteiger partial charge is 0.292 e. The Morgan fingerprint density at radius 1 is 1.54 bits per heavy atom. The van der Waals surface area contributed by atoms with Crippen LogP contribution in [0.2, 0.25) is 0 Å². The van der Waals surface area contributed by atoms with Crippen molar-refractivity contribution in [1.29, 1.82) is 0 Å². The number of nitrogens with one attached hydrogen (secondary N) is 2. The molecule has 1 aromatic carbocycles. The zero-order valence-corrected chi connectivity index (χ0v) is 14.3. The van der Waals surface area contributed by atoms with Crippen LogP contribution in [0.4, 0.5) is 6.01 Å². The molecule has 3 rings (SSSR count). The van der Waals surface area contributed by atoms with Crippen molar-refractivity contribution in [2.75, 3.05) is 38.5 Å². The quantitative estimate of drug-likeness (QED) is 0.358. The van der Waals surface area contributed by atoms with Crippen LogP contribution in [-0.2, 0) is 4.79 Å². The molecule has 4 N–H and O–H groups in total. The van der Waals surface area contributed by atoms with Crippen molar-refractivity contribution < 1.29 is 9.21 Å². The fraction of sp³-hybridized carbons (Fsp3) is 0.500. The van der Waals surface area contributed by atoms with E-state index in [1.807, 2.05) is 18.2 Å². The summed E-state index contributed by atoms with van der Waals surface area (Å²) in [5, 5.41) is 6.14. The maximum Gasteiger partial charge on any atom is 0.292 e. The molecule has 0 bridgehead atoms. The highest BCUT2D eigenvalue weighted by atomic mass is 32.2. The number of aromatic nitrogens is 1. The molecule has 130 valence electrons. The van der Waals surface area contributed by atoms with Crippen LogP contribution in [0.5, 0.6) is 0 Å². The minimum absolute atomic E-state index is 0.195. The Bertz CT molecular complexity index is 672. The second kappa shape index (κ2) is 8.36. The molecule has 1 saturated heterocycles. The number of nitrogens with zero attached hydrogens (tertiary/aromatic N) is 2. The van der Waals surface area contributed by atoms with Gasteiger partial charge in [-0.3, -0.25) is 4.79 Å². The molecule has 1 amide bonds. The minimum Gasteiger partial charge on any atom is -0.424 e. The second-order valence-corrected chi connectivity index (χ2v) is 7.12. The monoisotopic (exact) mass is 349 g/mol. The summed E-state index contributed by atoms with van der Waals surface area (Å²) in [6.45, 7) is 4.80. The van der Waals surface area contributed by atoms with Crippen LogP contribution in [0.15, 0.2) is 27.5 Å². The Labute approximate surface area is 145 Å². The van der Waals surface area contributed by atoms with Crippen LogP contribution in [0, 0.1) is 5.92 Å². The van der Waals surface area contributed by atoms with Gasteiger partial charge in [0.15, 0.2) is 5.58 Å². The van der Waals surface area contributed by atoms with E-state index in [0.717, 1.165) is 49.4 Å². The summed E-state index contributed by atoms with van der Waals surface area (Å²) in [6.07, 6.45) is 2.88. The van der Waals surface area contributed by atoms with E-state index in [1.54, 1.807) is 11.9 Å². The minimum atomic E-state index is 0.195. The van der Waals surface area contributed by atoms with Gasteiger partial charge in [-0.05, 0) is 62.0 Å². The maximum absolute atomic E-state index is 10.4. The van der Waals surface area contributed by atoms with Crippen molar-refractivity contribution in [1.82, 2.24) is 19.9 Å². The summed E-state index contributed by atoms with van der Waals surface area (Å²) in [7, 11) is 0. The number of anilines is 1. The fourth-order valence-electron chi connectivity index (χ4n) is 2.88. The number of hydrogen-bond donors (Lipinski definition) is 3. The lowest BCUT2D eigenvalue weighted by atomic mass is 10.1. The van der Waals surface area contributed by atoms with Crippen molar-refractivity contribution in [3.05, 3.63) is 18.2 Å². The number of benzene rings is 1. The zero-order valence-electron chi connectivity index (χ0n) is 13.5. The number of nitrogen functional groups attached to an aromatic ring is 1. The van der Waals surface area contributed by atoms with Gasteiger partial charge in [-0.1, -0.05) is 0 Å². The first-order valence-electron chi connectivity index (χ1n) is 8.21. The number of fused-ring (bicyclic) bond motifs is 1. The zero-order chi connectivity index (χ0) is 16.8. The van der Waals surface area contributed by atoms with E-state index in [9.17, 15) is 4.79 Å². The molecule has 0 saturated carbocycles. The Balaban J connectivity index is 1.64. The molecule has 0 spiro atoms. The molecular formula is C16H23N5O2S. The van der Waals surface area contributed by atoms with Crippen molar-refractivity contribution in [2.45, 2.75) is 17.7 Å². The second-order valence-electron chi connectivity index (χ2n) is 5.95. The third kappa shape index (κ3) is 4.62. The molecule has 7 nitrogen and oxygen atoms in total. The summed E-state index contributed by atoms with van der Waals surface area (Å²) in [4.78, 5) is 15.6. The van der Waals surface area contributed by atoms with Crippen molar-refractivity contribution in [2.24, 2.45) is 5.92 Å². The lowest BCUT2D eigenvalue weighted by Crippen LogP contribution is -2.28. The fourth-order valence-corrected chi connectivity index (χ4v) is 3.97. The van der Waals surface area contributed by atoms with E-state index in [4.69, 9.17) is 10.2 Å². The average Bonchev–Trinajstić information content (AvgIpc) is 3.19. The number of carbonyl (C=O) groups is 1. The van der Waals surface area contributed by atoms with Crippen molar-refractivity contribution in [3.63, 3.8) is 0 Å². The van der Waals surface area contributed by atoms with E-state index in [0.29, 0.717) is 18.0 Å². The highest BCUT2D eigenvalue weighted by Crippen LogP contribution is 2.28. The van der Waals surface area contributed by atoms with E-state index in [1.165, 1.54) is 6.42 Å². The number of nitrogens with two attached hydrogens (primary N) is 1. The first-order chi connectivity index (χ1) is 11.7. The van der Waals surface area contributed by atoms with Gasteiger partial charge in [-0.25, -0.2) is 4.31 Å². The van der Waals surface area contributed by atoms with Gasteiger partial charge in [-0.15, -0.1) is 0 Å². The van der Waals surface area contributed by atoms with Gasteiger partial charge in [0, 0.05) is 24.5 Å². The molecule has 1 fully saturated rings. The van der Waals surface area contributed by atoms with Crippen molar-refractivity contribution in [3.8, 4) is 0 Å². The molecule has 1 aliphatic heterocycles. The van der Waals surface area contributed by atoms with Gasteiger partial charge in [0.05, 0.1) is 0 Å². The standard InChI is InChI=1S/C16H23N5O2S/c17-16-20-14-3-2-13(8-15(14)23-16)24-21(7-1-5-19-11-22)10-12-4-6-18-9-12/h2-3,8,11-12,18H,1,4-7,9-10H2,(H2,17,20)(H,19,22). The van der Waals surface area contributed by atoms with Crippen LogP contribution in [-0.4, -0.2) is 48.4 Å². The van der Waals surface area contributed by atoms with Crippen LogP contribution in [0.3, 0.4) is 0 Å². The number of amides is 1. The normalized spacial score (nSPS) is 17.6. The Morgan fingerprint density at radius 2 is 2.46 bits per heavy atom. The predicted octanol–water partition coefficient (Wildman–Crippen LogP) is 1.46. The first-order valence-corrected chi connectivity index (χ1v) is 8.98. The van der Waals surface area contributed by atoms with E-state index >= 15 is 0 Å². The molecule has 1 unspecified atom stereocenters. The van der Waals surface area contributed by atoms with Gasteiger partial charge < -0.3 is 20.8 Å². The molecule has 24 heavy (non-hydrogen) atoms. The summed E-state index contributed by atoms with van der Waals surface area (Å²) in [5.74, 6) is 0.668. The molecule has 1 atom stereocenters. The molecule has 1 aromatic heterocycles. The van der Waals surface area contributed by atoms with Crippen molar-refractivity contribution >= 4 is 35.5 Å². The average molecular weight is 349 g/mol. The van der Waals surface area contributed by atoms with Crippen LogP contribution in [0.25, 0.3) is 11.1 Å². The van der Waals surface area contributed by atoms with E-state index in [-0.39, 0.29) is 6.01 Å². The number of rotatable bonds is 9. The van der Waals surface area contributed by atoms with Gasteiger partial charge in [0.2, 0.25) is 6.41 Å². The summed E-state index contributed by atoms with van der Waals surface area (Å²) in [5.41, 5.74) is 7.09. The molecule has 1 aliphatic rings. The highest BCUT2D eigenvalue weighted by molar-refractivity contribution is 7.97. The SMILES string of the molecule is Nc1nc2ccc(SN(CCCNC=O)CC3CCNC3)cc2o1. The Morgan fingerprint density at radius 3 is 3.25 bits per heavy atom. The molecule has 2 aromatic rings. The molecule has 0 radical (unpaired) electrons. The predicted molar refractivity (Wildman–Crippen MR) is 95.5 cm³/mol. The topological polar surface area (TPSA) is 96.4 Å². The third-order valence-corrected chi connectivity index (χ3v) is 5.10. The molecule has 2 heterocycles. The van der Waals surface area contributed by atoms with Crippen LogP contribution in [0.1, 0.15) is 12.8 Å². The highest BCUT2D eigenvalue weighted by Gasteiger charge is 2.19. The molecular weight excluding hydrogens is 326 g/mol. The maximum atomic E-state index is 10.4. The van der Waals surface area contributed by atoms with Gasteiger partial charge in [0.1, 0.15) is 5.52 Å².